The Morgan fingerprint density at radius 3 is 2.67 bits per heavy atom. The van der Waals surface area contributed by atoms with Crippen LogP contribution in [0.15, 0.2) is 40.3 Å². The van der Waals surface area contributed by atoms with Crippen LogP contribution in [0.2, 0.25) is 0 Å². The number of nitrogens with zero attached hydrogens (tertiary/aromatic N) is 2. The van der Waals surface area contributed by atoms with Crippen LogP contribution in [-0.4, -0.2) is 39.0 Å². The highest BCUT2D eigenvalue weighted by Crippen LogP contribution is 2.30. The summed E-state index contributed by atoms with van der Waals surface area (Å²) in [6, 6.07) is 9.59. The van der Waals surface area contributed by atoms with E-state index in [2.05, 4.69) is 23.8 Å². The second kappa shape index (κ2) is 11.5. The van der Waals surface area contributed by atoms with Crippen molar-refractivity contribution < 1.29 is 9.59 Å². The van der Waals surface area contributed by atoms with Gasteiger partial charge in [0.1, 0.15) is 4.83 Å². The van der Waals surface area contributed by atoms with Crippen LogP contribution in [-0.2, 0) is 22.6 Å². The fraction of sp³-hybridized carbons (Fsp3) is 0.417. The molecule has 0 aliphatic heterocycles. The number of carbonyl (C=O) groups excluding carboxylic acids is 2. The average Bonchev–Trinajstić information content (AvgIpc) is 3.10. The molecule has 0 spiro atoms. The Labute approximate surface area is 201 Å². The fourth-order valence-electron chi connectivity index (χ4n) is 3.52. The van der Waals surface area contributed by atoms with Gasteiger partial charge in [0.05, 0.1) is 11.1 Å². The number of aromatic nitrogens is 2. The molecule has 7 nitrogen and oxygen atoms in total. The van der Waals surface area contributed by atoms with Crippen LogP contribution in [0.1, 0.15) is 42.7 Å². The quantitative estimate of drug-likeness (QED) is 0.316. The second-order valence-electron chi connectivity index (χ2n) is 8.21. The number of fused-ring (bicyclic) bond motifs is 1. The Hall–Kier alpha value is -2.65. The zero-order chi connectivity index (χ0) is 24.0. The first-order chi connectivity index (χ1) is 15.8. The average molecular weight is 487 g/mol. The number of hydrogen-bond donors (Lipinski definition) is 2. The van der Waals surface area contributed by atoms with E-state index in [1.165, 1.54) is 23.1 Å². The van der Waals surface area contributed by atoms with Gasteiger partial charge >= 0.3 is 0 Å². The zero-order valence-electron chi connectivity index (χ0n) is 19.2. The molecular weight excluding hydrogens is 456 g/mol. The molecular formula is C24H30N4O3S2. The number of carbonyl (C=O) groups is 2. The summed E-state index contributed by atoms with van der Waals surface area (Å²) in [5.41, 5.74) is 7.18. The van der Waals surface area contributed by atoms with E-state index in [-0.39, 0.29) is 30.2 Å². The van der Waals surface area contributed by atoms with Gasteiger partial charge in [-0.25, -0.2) is 4.98 Å². The molecule has 2 amide bonds. The maximum atomic E-state index is 12.9. The summed E-state index contributed by atoms with van der Waals surface area (Å²) in [4.78, 5) is 48.0. The Kier molecular flexibility index (Phi) is 8.68. The number of H-pyrrole nitrogens is 1. The predicted octanol–water partition coefficient (Wildman–Crippen LogP) is 3.88. The minimum absolute atomic E-state index is 0.0950. The summed E-state index contributed by atoms with van der Waals surface area (Å²) < 4.78 is 0. The maximum Gasteiger partial charge on any atom is 0.260 e. The third kappa shape index (κ3) is 6.68. The topological polar surface area (TPSA) is 109 Å². The molecule has 3 N–H and O–H groups in total. The standard InChI is InChI=1S/C24H30N4O3S2/c1-4-15(2)12-18-16(3)33-23-21(18)22(31)26-24(27-23)32-14-20(30)28(11-10-19(25)29)13-17-8-6-5-7-9-17/h5-9,15H,4,10-14H2,1-3H3,(H2,25,29)(H,26,27,31). The van der Waals surface area contributed by atoms with E-state index in [1.54, 1.807) is 4.90 Å². The van der Waals surface area contributed by atoms with Gasteiger partial charge in [0.25, 0.3) is 5.56 Å². The first-order valence-corrected chi connectivity index (χ1v) is 12.8. The van der Waals surface area contributed by atoms with E-state index in [4.69, 9.17) is 5.73 Å². The van der Waals surface area contributed by atoms with Crippen molar-refractivity contribution in [3.05, 3.63) is 56.7 Å². The predicted molar refractivity (Wildman–Crippen MR) is 135 cm³/mol. The van der Waals surface area contributed by atoms with Gasteiger partial charge < -0.3 is 15.6 Å². The number of aromatic amines is 1. The van der Waals surface area contributed by atoms with Gasteiger partial charge in [0.2, 0.25) is 11.8 Å². The largest absolute Gasteiger partial charge is 0.370 e. The fourth-order valence-corrected chi connectivity index (χ4v) is 5.40. The van der Waals surface area contributed by atoms with Crippen LogP contribution in [0.3, 0.4) is 0 Å². The number of thiophene rings is 1. The summed E-state index contributed by atoms with van der Waals surface area (Å²) >= 11 is 2.72. The molecule has 0 fully saturated rings. The highest BCUT2D eigenvalue weighted by atomic mass is 32.2. The molecule has 1 unspecified atom stereocenters. The lowest BCUT2D eigenvalue weighted by atomic mass is 9.98. The first-order valence-electron chi connectivity index (χ1n) is 11.0. The minimum Gasteiger partial charge on any atom is -0.370 e. The van der Waals surface area contributed by atoms with Crippen molar-refractivity contribution in [2.24, 2.45) is 11.7 Å². The van der Waals surface area contributed by atoms with Crippen LogP contribution in [0.5, 0.6) is 0 Å². The summed E-state index contributed by atoms with van der Waals surface area (Å²) in [5.74, 6) is -0.00751. The summed E-state index contributed by atoms with van der Waals surface area (Å²) in [5, 5.41) is 1.09. The van der Waals surface area contributed by atoms with Crippen LogP contribution in [0, 0.1) is 12.8 Å². The molecule has 0 saturated carbocycles. The second-order valence-corrected chi connectivity index (χ2v) is 10.4. The minimum atomic E-state index is -0.453. The highest BCUT2D eigenvalue weighted by Gasteiger charge is 2.19. The number of aryl methyl sites for hydroxylation is 1. The zero-order valence-corrected chi connectivity index (χ0v) is 20.9. The SMILES string of the molecule is CCC(C)Cc1c(C)sc2nc(SCC(=O)N(CCC(N)=O)Cc3ccccc3)[nH]c(=O)c12. The molecule has 176 valence electrons. The smallest absolute Gasteiger partial charge is 0.260 e. The van der Waals surface area contributed by atoms with E-state index in [1.807, 2.05) is 37.3 Å². The molecule has 0 saturated heterocycles. The van der Waals surface area contributed by atoms with Gasteiger partial charge in [-0.1, -0.05) is 62.4 Å². The Morgan fingerprint density at radius 1 is 1.27 bits per heavy atom. The van der Waals surface area contributed by atoms with Gasteiger partial charge in [0.15, 0.2) is 5.16 Å². The molecule has 1 aromatic carbocycles. The molecule has 3 aromatic rings. The molecule has 0 aliphatic carbocycles. The van der Waals surface area contributed by atoms with Gasteiger partial charge in [-0.3, -0.25) is 14.4 Å². The van der Waals surface area contributed by atoms with E-state index >= 15 is 0 Å². The van der Waals surface area contributed by atoms with Gasteiger partial charge in [-0.15, -0.1) is 11.3 Å². The molecule has 0 radical (unpaired) electrons. The number of hydrogen-bond acceptors (Lipinski definition) is 6. The number of amides is 2. The third-order valence-electron chi connectivity index (χ3n) is 5.62. The molecule has 2 heterocycles. The van der Waals surface area contributed by atoms with Gasteiger partial charge in [-0.2, -0.15) is 0 Å². The Morgan fingerprint density at radius 2 is 2.00 bits per heavy atom. The van der Waals surface area contributed by atoms with E-state index in [0.29, 0.717) is 27.8 Å². The van der Waals surface area contributed by atoms with Crippen molar-refractivity contribution in [3.63, 3.8) is 0 Å². The lowest BCUT2D eigenvalue weighted by Gasteiger charge is -2.22. The van der Waals surface area contributed by atoms with Crippen molar-refractivity contribution in [2.45, 2.75) is 51.7 Å². The van der Waals surface area contributed by atoms with Crippen molar-refractivity contribution in [1.82, 2.24) is 14.9 Å². The van der Waals surface area contributed by atoms with Crippen LogP contribution >= 0.6 is 23.1 Å². The Bertz CT molecular complexity index is 1170. The van der Waals surface area contributed by atoms with Crippen molar-refractivity contribution in [1.29, 1.82) is 0 Å². The van der Waals surface area contributed by atoms with Gasteiger partial charge in [0, 0.05) is 24.4 Å². The molecule has 33 heavy (non-hydrogen) atoms. The normalized spacial score (nSPS) is 12.1. The first kappa shape index (κ1) is 25.0. The van der Waals surface area contributed by atoms with E-state index in [9.17, 15) is 14.4 Å². The van der Waals surface area contributed by atoms with E-state index < -0.39 is 5.91 Å². The molecule has 9 heteroatoms. The number of benzene rings is 1. The number of nitrogens with one attached hydrogen (secondary N) is 1. The van der Waals surface area contributed by atoms with Crippen LogP contribution in [0.25, 0.3) is 10.2 Å². The number of primary amides is 1. The molecule has 0 aliphatic rings. The number of nitrogens with two attached hydrogens (primary N) is 1. The van der Waals surface area contributed by atoms with E-state index in [0.717, 1.165) is 28.8 Å². The summed E-state index contributed by atoms with van der Waals surface area (Å²) in [7, 11) is 0. The molecule has 1 atom stereocenters. The summed E-state index contributed by atoms with van der Waals surface area (Å²) in [6.45, 7) is 6.99. The lowest BCUT2D eigenvalue weighted by molar-refractivity contribution is -0.129. The molecule has 0 bridgehead atoms. The monoisotopic (exact) mass is 486 g/mol. The van der Waals surface area contributed by atoms with Crippen LogP contribution in [0.4, 0.5) is 0 Å². The summed E-state index contributed by atoms with van der Waals surface area (Å²) in [6.07, 6.45) is 2.00. The maximum absolute atomic E-state index is 12.9. The lowest BCUT2D eigenvalue weighted by Crippen LogP contribution is -2.34. The molecule has 3 rings (SSSR count). The van der Waals surface area contributed by atoms with Crippen molar-refractivity contribution >= 4 is 45.1 Å². The number of rotatable bonds is 11. The highest BCUT2D eigenvalue weighted by molar-refractivity contribution is 7.99. The number of thioether (sulfide) groups is 1. The third-order valence-corrected chi connectivity index (χ3v) is 7.52. The Balaban J connectivity index is 1.74. The van der Waals surface area contributed by atoms with Gasteiger partial charge in [-0.05, 0) is 30.4 Å². The van der Waals surface area contributed by atoms with Crippen molar-refractivity contribution in [3.8, 4) is 0 Å². The molecule has 2 aromatic heterocycles. The van der Waals surface area contributed by atoms with Crippen molar-refractivity contribution in [2.75, 3.05) is 12.3 Å². The van der Waals surface area contributed by atoms with Crippen LogP contribution < -0.4 is 11.3 Å².